The second-order valence-electron chi connectivity index (χ2n) is 3.76. The number of aliphatic hydroxyl groups is 1. The first kappa shape index (κ1) is 12.3. The Morgan fingerprint density at radius 2 is 1.94 bits per heavy atom. The van der Waals surface area contributed by atoms with E-state index in [-0.39, 0.29) is 6.54 Å². The van der Waals surface area contributed by atoms with Crippen LogP contribution >= 0.6 is 22.6 Å². The second-order valence-corrected chi connectivity index (χ2v) is 6.94. The van der Waals surface area contributed by atoms with Gasteiger partial charge in [-0.1, -0.05) is 0 Å². The molecule has 0 bridgehead atoms. The largest absolute Gasteiger partial charge is 0.392 e. The molecule has 4 nitrogen and oxygen atoms in total. The normalized spacial score (nSPS) is 22.5. The molecule has 6 heteroatoms. The van der Waals surface area contributed by atoms with Crippen molar-refractivity contribution in [1.29, 1.82) is 0 Å². The number of benzene rings is 1. The number of halogens is 1. The molecule has 1 aliphatic heterocycles. The van der Waals surface area contributed by atoms with Crippen molar-refractivity contribution in [2.24, 2.45) is 0 Å². The standard InChI is InChI=1S/C10H12INO3S/c11-8-1-3-10(4-2-8)16(14,15)12-6-5-9(13)7-12/h1-4,9,13H,5-7H2/t9-/m1/s1. The molecule has 0 radical (unpaired) electrons. The van der Waals surface area contributed by atoms with Crippen LogP contribution in [0.25, 0.3) is 0 Å². The highest BCUT2D eigenvalue weighted by molar-refractivity contribution is 14.1. The van der Waals surface area contributed by atoms with Gasteiger partial charge in [0.25, 0.3) is 0 Å². The SMILES string of the molecule is O=S(=O)(c1ccc(I)cc1)N1CC[C@@H](O)C1. The first-order valence-electron chi connectivity index (χ1n) is 4.94. The van der Waals surface area contributed by atoms with Crippen molar-refractivity contribution in [3.05, 3.63) is 27.8 Å². The average molecular weight is 353 g/mol. The fraction of sp³-hybridized carbons (Fsp3) is 0.400. The van der Waals surface area contributed by atoms with Gasteiger partial charge in [-0.05, 0) is 53.3 Å². The summed E-state index contributed by atoms with van der Waals surface area (Å²) in [6.45, 7) is 0.601. The lowest BCUT2D eigenvalue weighted by Crippen LogP contribution is -2.29. The molecule has 0 aromatic heterocycles. The van der Waals surface area contributed by atoms with Gasteiger partial charge in [0.1, 0.15) is 0 Å². The first-order valence-corrected chi connectivity index (χ1v) is 7.46. The number of hydrogen-bond donors (Lipinski definition) is 1. The molecule has 0 unspecified atom stereocenters. The van der Waals surface area contributed by atoms with Crippen LogP contribution in [0.2, 0.25) is 0 Å². The summed E-state index contributed by atoms with van der Waals surface area (Å²) >= 11 is 2.13. The van der Waals surface area contributed by atoms with E-state index in [9.17, 15) is 13.5 Å². The van der Waals surface area contributed by atoms with Crippen molar-refractivity contribution in [2.45, 2.75) is 17.4 Å². The lowest BCUT2D eigenvalue weighted by Gasteiger charge is -2.15. The summed E-state index contributed by atoms with van der Waals surface area (Å²) in [6.07, 6.45) is -0.0116. The molecule has 1 fully saturated rings. The highest BCUT2D eigenvalue weighted by Gasteiger charge is 2.31. The van der Waals surface area contributed by atoms with Crippen LogP contribution in [0, 0.1) is 3.57 Å². The molecule has 0 amide bonds. The molecular formula is C10H12INO3S. The van der Waals surface area contributed by atoms with Gasteiger partial charge in [0, 0.05) is 16.7 Å². The molecule has 1 aliphatic rings. The molecule has 16 heavy (non-hydrogen) atoms. The minimum atomic E-state index is -3.42. The first-order chi connectivity index (χ1) is 7.50. The van der Waals surface area contributed by atoms with Crippen molar-refractivity contribution in [3.8, 4) is 0 Å². The van der Waals surface area contributed by atoms with E-state index >= 15 is 0 Å². The van der Waals surface area contributed by atoms with Crippen LogP contribution in [-0.2, 0) is 10.0 Å². The van der Waals surface area contributed by atoms with Crippen LogP contribution in [0.1, 0.15) is 6.42 Å². The molecule has 1 aromatic rings. The van der Waals surface area contributed by atoms with E-state index in [4.69, 9.17) is 0 Å². The summed E-state index contributed by atoms with van der Waals surface area (Å²) < 4.78 is 26.5. The molecule has 1 saturated heterocycles. The lowest BCUT2D eigenvalue weighted by molar-refractivity contribution is 0.189. The van der Waals surface area contributed by atoms with Crippen LogP contribution in [0.5, 0.6) is 0 Å². The Morgan fingerprint density at radius 1 is 1.31 bits per heavy atom. The van der Waals surface area contributed by atoms with Gasteiger partial charge in [-0.3, -0.25) is 0 Å². The summed E-state index contributed by atoms with van der Waals surface area (Å²) in [4.78, 5) is 0.294. The monoisotopic (exact) mass is 353 g/mol. The number of aliphatic hydroxyl groups excluding tert-OH is 1. The number of rotatable bonds is 2. The van der Waals surface area contributed by atoms with Crippen LogP contribution in [0.4, 0.5) is 0 Å². The van der Waals surface area contributed by atoms with Crippen molar-refractivity contribution < 1.29 is 13.5 Å². The molecule has 0 aliphatic carbocycles. The maximum Gasteiger partial charge on any atom is 0.243 e. The average Bonchev–Trinajstić information content (AvgIpc) is 2.66. The Kier molecular flexibility index (Phi) is 3.53. The summed E-state index contributed by atoms with van der Waals surface area (Å²) in [5, 5.41) is 9.35. The van der Waals surface area contributed by atoms with E-state index in [0.717, 1.165) is 3.57 Å². The number of β-amino-alcohol motifs (C(OH)–C–C–N with tert-alkyl or cyclic N) is 1. The van der Waals surface area contributed by atoms with E-state index < -0.39 is 16.1 Å². The summed E-state index contributed by atoms with van der Waals surface area (Å²) in [7, 11) is -3.42. The summed E-state index contributed by atoms with van der Waals surface area (Å²) in [5.41, 5.74) is 0. The number of hydrogen-bond acceptors (Lipinski definition) is 3. The van der Waals surface area contributed by atoms with Crippen molar-refractivity contribution in [1.82, 2.24) is 4.31 Å². The predicted octanol–water partition coefficient (Wildman–Crippen LogP) is 1.05. The number of nitrogens with zero attached hydrogens (tertiary/aromatic N) is 1. The Balaban J connectivity index is 2.29. The Labute approximate surface area is 108 Å². The Hall–Kier alpha value is -0.180. The summed E-state index contributed by atoms with van der Waals surface area (Å²) in [6, 6.07) is 6.73. The Bertz CT molecular complexity index is 471. The minimum Gasteiger partial charge on any atom is -0.392 e. The van der Waals surface area contributed by atoms with E-state index in [0.29, 0.717) is 17.9 Å². The van der Waals surface area contributed by atoms with E-state index in [1.807, 2.05) is 0 Å². The third-order valence-corrected chi connectivity index (χ3v) is 5.18. The van der Waals surface area contributed by atoms with Crippen molar-refractivity contribution in [2.75, 3.05) is 13.1 Å². The maximum absolute atomic E-state index is 12.1. The number of sulfonamides is 1. The van der Waals surface area contributed by atoms with Gasteiger partial charge in [-0.25, -0.2) is 8.42 Å². The fourth-order valence-electron chi connectivity index (χ4n) is 1.68. The molecule has 1 aromatic carbocycles. The van der Waals surface area contributed by atoms with Gasteiger partial charge in [-0.2, -0.15) is 4.31 Å². The quantitative estimate of drug-likeness (QED) is 0.809. The van der Waals surface area contributed by atoms with Crippen molar-refractivity contribution >= 4 is 32.6 Å². The third-order valence-electron chi connectivity index (χ3n) is 2.58. The molecule has 1 atom stereocenters. The molecule has 1 heterocycles. The maximum atomic E-state index is 12.1. The highest BCUT2D eigenvalue weighted by Crippen LogP contribution is 2.21. The van der Waals surface area contributed by atoms with E-state index in [1.165, 1.54) is 4.31 Å². The van der Waals surface area contributed by atoms with Crippen LogP contribution in [0.15, 0.2) is 29.2 Å². The topological polar surface area (TPSA) is 57.6 Å². The van der Waals surface area contributed by atoms with Gasteiger partial charge < -0.3 is 5.11 Å². The van der Waals surface area contributed by atoms with Gasteiger partial charge in [-0.15, -0.1) is 0 Å². The summed E-state index contributed by atoms with van der Waals surface area (Å²) in [5.74, 6) is 0. The zero-order chi connectivity index (χ0) is 11.8. The molecule has 1 N–H and O–H groups in total. The fourth-order valence-corrected chi connectivity index (χ4v) is 3.54. The van der Waals surface area contributed by atoms with Gasteiger partial charge in [0.15, 0.2) is 0 Å². The molecule has 88 valence electrons. The smallest absolute Gasteiger partial charge is 0.243 e. The van der Waals surface area contributed by atoms with Crippen LogP contribution in [0.3, 0.4) is 0 Å². The molecule has 0 spiro atoms. The zero-order valence-corrected chi connectivity index (χ0v) is 11.5. The predicted molar refractivity (Wildman–Crippen MR) is 68.5 cm³/mol. The minimum absolute atomic E-state index is 0.203. The van der Waals surface area contributed by atoms with Gasteiger partial charge >= 0.3 is 0 Å². The molecular weight excluding hydrogens is 341 g/mol. The van der Waals surface area contributed by atoms with E-state index in [1.54, 1.807) is 24.3 Å². The van der Waals surface area contributed by atoms with Gasteiger partial charge in [0.05, 0.1) is 11.0 Å². The highest BCUT2D eigenvalue weighted by atomic mass is 127. The zero-order valence-electron chi connectivity index (χ0n) is 8.51. The third kappa shape index (κ3) is 2.39. The van der Waals surface area contributed by atoms with Crippen LogP contribution in [-0.4, -0.2) is 37.0 Å². The molecule has 2 rings (SSSR count). The van der Waals surface area contributed by atoms with Crippen LogP contribution < -0.4 is 0 Å². The van der Waals surface area contributed by atoms with Crippen molar-refractivity contribution in [3.63, 3.8) is 0 Å². The lowest BCUT2D eigenvalue weighted by atomic mass is 10.3. The Morgan fingerprint density at radius 3 is 2.44 bits per heavy atom. The van der Waals surface area contributed by atoms with E-state index in [2.05, 4.69) is 22.6 Å². The second kappa shape index (κ2) is 4.59. The van der Waals surface area contributed by atoms with Gasteiger partial charge in [0.2, 0.25) is 10.0 Å². The molecule has 0 saturated carbocycles.